The van der Waals surface area contributed by atoms with Gasteiger partial charge in [0.05, 0.1) is 9.49 Å². The van der Waals surface area contributed by atoms with Crippen molar-refractivity contribution in [3.63, 3.8) is 0 Å². The number of carbonyl (C=O) groups is 2. The van der Waals surface area contributed by atoms with E-state index >= 15 is 0 Å². The van der Waals surface area contributed by atoms with E-state index in [0.717, 1.165) is 0 Å². The van der Waals surface area contributed by atoms with Gasteiger partial charge < -0.3 is 4.84 Å². The highest BCUT2D eigenvalue weighted by Gasteiger charge is 2.40. The zero-order valence-electron chi connectivity index (χ0n) is 19.1. The number of hydrogen-bond donors (Lipinski definition) is 1. The Hall–Kier alpha value is -2.89. The molecular weight excluding hydrogens is 520 g/mol. The maximum atomic E-state index is 12.7. The summed E-state index contributed by atoms with van der Waals surface area (Å²) in [5.74, 6) is -1.23. The lowest BCUT2D eigenvalue weighted by molar-refractivity contribution is -0.144. The van der Waals surface area contributed by atoms with Gasteiger partial charge in [0, 0.05) is 24.8 Å². The number of nitrogens with zero attached hydrogens (tertiary/aromatic N) is 7. The Morgan fingerprint density at radius 3 is 1.97 bits per heavy atom. The Labute approximate surface area is 208 Å². The molecule has 2 aliphatic rings. The summed E-state index contributed by atoms with van der Waals surface area (Å²) >= 11 is 2.83. The fourth-order valence-electron chi connectivity index (χ4n) is 3.29. The molecule has 0 saturated heterocycles. The van der Waals surface area contributed by atoms with Gasteiger partial charge in [-0.2, -0.15) is 0 Å². The number of amides is 1. The van der Waals surface area contributed by atoms with Crippen molar-refractivity contribution in [1.82, 2.24) is 24.0 Å². The van der Waals surface area contributed by atoms with Crippen molar-refractivity contribution in [1.29, 1.82) is 0 Å². The number of oxime groups is 2. The summed E-state index contributed by atoms with van der Waals surface area (Å²) in [5, 5.41) is 14.2. The number of nitrogens with two attached hydrogens (primary N) is 1. The van der Waals surface area contributed by atoms with E-state index in [9.17, 15) is 18.0 Å². The van der Waals surface area contributed by atoms with Gasteiger partial charge in [-0.25, -0.2) is 33.1 Å². The number of rotatable bonds is 6. The van der Waals surface area contributed by atoms with Crippen LogP contribution in [0.1, 0.15) is 27.7 Å². The monoisotopic (exact) mass is 542 g/mol. The summed E-state index contributed by atoms with van der Waals surface area (Å²) in [7, 11) is -4.20. The fraction of sp³-hybridized carbons (Fsp3) is 0.444. The highest BCUT2D eigenvalue weighted by Crippen LogP contribution is 2.40. The molecular formula is C18H22N8O6S3. The summed E-state index contributed by atoms with van der Waals surface area (Å²) in [6.07, 6.45) is 5.26. The van der Waals surface area contributed by atoms with E-state index in [1.807, 2.05) is 27.7 Å². The number of imidazole rings is 2. The molecule has 0 aliphatic carbocycles. The molecule has 1 amide bonds. The Bertz CT molecular complexity index is 1340. The van der Waals surface area contributed by atoms with Crippen LogP contribution in [0.15, 0.2) is 45.4 Å². The van der Waals surface area contributed by atoms with E-state index in [1.165, 1.54) is 23.5 Å². The van der Waals surface area contributed by atoms with Gasteiger partial charge in [0.15, 0.2) is 22.0 Å². The van der Waals surface area contributed by atoms with E-state index in [2.05, 4.69) is 20.3 Å². The zero-order valence-corrected chi connectivity index (χ0v) is 21.6. The molecule has 4 rings (SSSR count). The van der Waals surface area contributed by atoms with Gasteiger partial charge in [-0.15, -0.1) is 0 Å². The van der Waals surface area contributed by atoms with Crippen LogP contribution in [0.25, 0.3) is 0 Å². The molecule has 2 aromatic heterocycles. The first-order valence-electron chi connectivity index (χ1n) is 10.1. The number of thioether (sulfide) groups is 2. The molecule has 0 fully saturated rings. The average Bonchev–Trinajstić information content (AvgIpc) is 3.44. The van der Waals surface area contributed by atoms with E-state index in [4.69, 9.17) is 14.8 Å². The zero-order chi connectivity index (χ0) is 25.6. The van der Waals surface area contributed by atoms with Crippen molar-refractivity contribution in [2.45, 2.75) is 47.5 Å². The first kappa shape index (κ1) is 25.2. The van der Waals surface area contributed by atoms with Crippen LogP contribution >= 0.6 is 23.5 Å². The quantitative estimate of drug-likeness (QED) is 0.411. The van der Waals surface area contributed by atoms with Crippen LogP contribution in [0.4, 0.5) is 4.79 Å². The number of aromatic nitrogens is 4. The topological polar surface area (TPSA) is 176 Å². The minimum Gasteiger partial charge on any atom is -0.314 e. The van der Waals surface area contributed by atoms with Crippen LogP contribution in [-0.4, -0.2) is 78.1 Å². The van der Waals surface area contributed by atoms with Gasteiger partial charge >= 0.3 is 12.1 Å². The van der Waals surface area contributed by atoms with Crippen molar-refractivity contribution in [2.24, 2.45) is 15.5 Å². The molecule has 0 spiro atoms. The first-order chi connectivity index (χ1) is 16.3. The summed E-state index contributed by atoms with van der Waals surface area (Å²) in [6.45, 7) is 6.66. The molecule has 2 N–H and O–H groups in total. The van der Waals surface area contributed by atoms with Crippen LogP contribution in [0.3, 0.4) is 0 Å². The molecule has 0 bridgehead atoms. The van der Waals surface area contributed by atoms with Crippen molar-refractivity contribution in [3.8, 4) is 0 Å². The standard InChI is InChI=1S/C18H22N8O6S3/c1-17(2)12(25-7-5-20-14(25)33-17)22-31-11(27)9-24(10-35(19,29)30)16(28)32-23-13-18(3,4)34-15-21-6-8-26(13)15/h5-8H,9-10H2,1-4H3,(H2,19,29,30). The third kappa shape index (κ3) is 5.36. The molecule has 0 atom stereocenters. The maximum absolute atomic E-state index is 12.7. The van der Waals surface area contributed by atoms with Crippen molar-refractivity contribution in [2.75, 3.05) is 12.4 Å². The van der Waals surface area contributed by atoms with Gasteiger partial charge in [-0.05, 0) is 27.7 Å². The smallest absolute Gasteiger partial charge is 0.314 e. The second kappa shape index (κ2) is 8.96. The van der Waals surface area contributed by atoms with Gasteiger partial charge in [0.1, 0.15) is 12.4 Å². The van der Waals surface area contributed by atoms with Crippen molar-refractivity contribution < 1.29 is 27.7 Å². The van der Waals surface area contributed by atoms with Gasteiger partial charge in [0.25, 0.3) is 0 Å². The van der Waals surface area contributed by atoms with Crippen LogP contribution in [-0.2, 0) is 24.5 Å². The molecule has 0 saturated carbocycles. The molecule has 2 aromatic rings. The minimum absolute atomic E-state index is 0.366. The summed E-state index contributed by atoms with van der Waals surface area (Å²) in [6, 6.07) is 0. The number of fused-ring (bicyclic) bond motifs is 2. The molecule has 14 nitrogen and oxygen atoms in total. The maximum Gasteiger partial charge on any atom is 0.437 e. The fourth-order valence-corrected chi connectivity index (χ4v) is 6.00. The van der Waals surface area contributed by atoms with Crippen LogP contribution in [0.5, 0.6) is 0 Å². The number of sulfonamides is 1. The predicted molar refractivity (Wildman–Crippen MR) is 127 cm³/mol. The highest BCUT2D eigenvalue weighted by molar-refractivity contribution is 8.02. The third-order valence-corrected chi connectivity index (χ3v) is 7.82. The van der Waals surface area contributed by atoms with E-state index in [1.54, 1.807) is 33.9 Å². The molecule has 188 valence electrons. The second-order valence-electron chi connectivity index (χ2n) is 8.52. The Morgan fingerprint density at radius 2 is 1.49 bits per heavy atom. The number of hydrogen-bond acceptors (Lipinski definition) is 12. The molecule has 4 heterocycles. The van der Waals surface area contributed by atoms with Gasteiger partial charge in [-0.3, -0.25) is 18.9 Å². The van der Waals surface area contributed by atoms with E-state index in [-0.39, 0.29) is 0 Å². The summed E-state index contributed by atoms with van der Waals surface area (Å²) in [5.41, 5.74) is 0. The summed E-state index contributed by atoms with van der Waals surface area (Å²) in [4.78, 5) is 44.0. The Balaban J connectivity index is 1.48. The lowest BCUT2D eigenvalue weighted by Gasteiger charge is -2.19. The Morgan fingerprint density at radius 1 is 1.00 bits per heavy atom. The van der Waals surface area contributed by atoms with Gasteiger partial charge in [-0.1, -0.05) is 33.8 Å². The largest absolute Gasteiger partial charge is 0.437 e. The van der Waals surface area contributed by atoms with Crippen LogP contribution in [0.2, 0.25) is 0 Å². The average molecular weight is 543 g/mol. The molecule has 0 unspecified atom stereocenters. The first-order valence-corrected chi connectivity index (χ1v) is 13.4. The summed E-state index contributed by atoms with van der Waals surface area (Å²) < 4.78 is 25.5. The molecule has 2 aliphatic heterocycles. The minimum atomic E-state index is -4.20. The molecule has 0 radical (unpaired) electrons. The molecule has 0 aromatic carbocycles. The lowest BCUT2D eigenvalue weighted by Crippen LogP contribution is -2.42. The normalized spacial score (nSPS) is 20.0. The van der Waals surface area contributed by atoms with E-state index in [0.29, 0.717) is 26.9 Å². The Kier molecular flexibility index (Phi) is 6.45. The van der Waals surface area contributed by atoms with Crippen molar-refractivity contribution in [3.05, 3.63) is 24.8 Å². The highest BCUT2D eigenvalue weighted by atomic mass is 32.2. The van der Waals surface area contributed by atoms with Crippen molar-refractivity contribution >= 4 is 57.3 Å². The molecule has 17 heteroatoms. The van der Waals surface area contributed by atoms with Crippen LogP contribution in [0, 0.1) is 0 Å². The predicted octanol–water partition coefficient (Wildman–Crippen LogP) is 1.10. The third-order valence-electron chi connectivity index (χ3n) is 4.80. The SMILES string of the molecule is CC1(C)Sc2nccn2C1=NOC(=O)CN(CS(N)(=O)=O)C(=O)ON=C1n2ccnc2SC1(C)C. The molecule has 35 heavy (non-hydrogen) atoms. The van der Waals surface area contributed by atoms with E-state index < -0.39 is 44.0 Å². The van der Waals surface area contributed by atoms with Crippen LogP contribution < -0.4 is 5.14 Å². The van der Waals surface area contributed by atoms with Gasteiger partial charge in [0.2, 0.25) is 10.0 Å². The lowest BCUT2D eigenvalue weighted by atomic mass is 10.2. The number of carbonyl (C=O) groups excluding carboxylic acids is 2. The second-order valence-corrected chi connectivity index (χ2v) is 13.3. The number of primary sulfonamides is 1.